The van der Waals surface area contributed by atoms with Crippen LogP contribution in [0, 0.1) is 16.3 Å². The zero-order chi connectivity index (χ0) is 12.4. The van der Waals surface area contributed by atoms with Gasteiger partial charge in [0.1, 0.15) is 16.3 Å². The Hall–Kier alpha value is -1.62. The van der Waals surface area contributed by atoms with Gasteiger partial charge in [0.05, 0.1) is 12.0 Å². The number of aromatic amines is 1. The van der Waals surface area contributed by atoms with Gasteiger partial charge in [0, 0.05) is 17.2 Å². The molecule has 0 saturated carbocycles. The molecule has 1 aromatic carbocycles. The van der Waals surface area contributed by atoms with E-state index >= 15 is 0 Å². The lowest BCUT2D eigenvalue weighted by Crippen LogP contribution is -1.97. The second kappa shape index (κ2) is 4.71. The van der Waals surface area contributed by atoms with Crippen LogP contribution in [0.15, 0.2) is 24.5 Å². The molecular formula is C12H10F2N2S. The fraction of sp³-hybridized carbons (Fsp3) is 0.167. The van der Waals surface area contributed by atoms with Gasteiger partial charge in [-0.2, -0.15) is 0 Å². The molecule has 0 aliphatic carbocycles. The Morgan fingerprint density at radius 3 is 2.76 bits per heavy atom. The van der Waals surface area contributed by atoms with Crippen molar-refractivity contribution in [2.24, 2.45) is 0 Å². The maximum atomic E-state index is 13.7. The second-order valence-corrected chi connectivity index (χ2v) is 3.93. The zero-order valence-electron chi connectivity index (χ0n) is 9.13. The Balaban J connectivity index is 2.68. The molecule has 0 radical (unpaired) electrons. The van der Waals surface area contributed by atoms with E-state index in [2.05, 4.69) is 9.97 Å². The van der Waals surface area contributed by atoms with Crippen molar-refractivity contribution >= 4 is 12.2 Å². The molecule has 5 heteroatoms. The molecule has 17 heavy (non-hydrogen) atoms. The monoisotopic (exact) mass is 252 g/mol. The van der Waals surface area contributed by atoms with Crippen LogP contribution in [0.4, 0.5) is 8.78 Å². The summed E-state index contributed by atoms with van der Waals surface area (Å²) in [4.78, 5) is 6.81. The lowest BCUT2D eigenvalue weighted by molar-refractivity contribution is 0.585. The highest BCUT2D eigenvalue weighted by atomic mass is 32.1. The number of benzene rings is 1. The van der Waals surface area contributed by atoms with Crippen LogP contribution in [-0.2, 0) is 6.42 Å². The molecule has 0 bridgehead atoms. The second-order valence-electron chi connectivity index (χ2n) is 3.54. The molecule has 0 aliphatic heterocycles. The molecule has 1 aromatic heterocycles. The van der Waals surface area contributed by atoms with Crippen LogP contribution in [-0.4, -0.2) is 9.97 Å². The zero-order valence-corrected chi connectivity index (χ0v) is 9.94. The Bertz CT molecular complexity index is 608. The average molecular weight is 252 g/mol. The van der Waals surface area contributed by atoms with Gasteiger partial charge in [0.2, 0.25) is 0 Å². The third-order valence-electron chi connectivity index (χ3n) is 2.50. The first-order valence-corrected chi connectivity index (χ1v) is 5.56. The van der Waals surface area contributed by atoms with Gasteiger partial charge in [0.15, 0.2) is 0 Å². The van der Waals surface area contributed by atoms with E-state index in [1.165, 1.54) is 18.5 Å². The number of hydrogen-bond donors (Lipinski definition) is 1. The average Bonchev–Trinajstić information content (AvgIpc) is 2.29. The quantitative estimate of drug-likeness (QED) is 0.826. The third-order valence-corrected chi connectivity index (χ3v) is 2.86. The normalized spacial score (nSPS) is 10.5. The van der Waals surface area contributed by atoms with Crippen molar-refractivity contribution in [3.63, 3.8) is 0 Å². The van der Waals surface area contributed by atoms with Crippen LogP contribution in [0.25, 0.3) is 11.3 Å². The molecule has 0 spiro atoms. The predicted octanol–water partition coefficient (Wildman–Crippen LogP) is 3.65. The van der Waals surface area contributed by atoms with Gasteiger partial charge >= 0.3 is 0 Å². The number of hydrogen-bond acceptors (Lipinski definition) is 2. The third kappa shape index (κ3) is 2.24. The summed E-state index contributed by atoms with van der Waals surface area (Å²) in [6.07, 6.45) is 2.05. The van der Waals surface area contributed by atoms with Crippen LogP contribution in [0.1, 0.15) is 12.5 Å². The summed E-state index contributed by atoms with van der Waals surface area (Å²) in [6, 6.07) is 3.46. The molecule has 2 aromatic rings. The molecule has 0 atom stereocenters. The van der Waals surface area contributed by atoms with Crippen molar-refractivity contribution in [3.8, 4) is 11.3 Å². The summed E-state index contributed by atoms with van der Waals surface area (Å²) < 4.78 is 26.9. The predicted molar refractivity (Wildman–Crippen MR) is 64.2 cm³/mol. The highest BCUT2D eigenvalue weighted by Crippen LogP contribution is 2.25. The fourth-order valence-corrected chi connectivity index (χ4v) is 1.99. The SMILES string of the molecule is CCc1c(-c2ccc(F)cc2F)[nH]cnc1=S. The lowest BCUT2D eigenvalue weighted by atomic mass is 10.1. The van der Waals surface area contributed by atoms with E-state index in [1.807, 2.05) is 6.92 Å². The van der Waals surface area contributed by atoms with E-state index in [-0.39, 0.29) is 0 Å². The largest absolute Gasteiger partial charge is 0.345 e. The Morgan fingerprint density at radius 1 is 1.35 bits per heavy atom. The van der Waals surface area contributed by atoms with Crippen molar-refractivity contribution in [2.75, 3.05) is 0 Å². The van der Waals surface area contributed by atoms with Gasteiger partial charge in [-0.15, -0.1) is 0 Å². The van der Waals surface area contributed by atoms with E-state index in [4.69, 9.17) is 12.2 Å². The van der Waals surface area contributed by atoms with E-state index in [0.29, 0.717) is 22.3 Å². The fourth-order valence-electron chi connectivity index (χ4n) is 1.69. The minimum Gasteiger partial charge on any atom is -0.345 e. The van der Waals surface area contributed by atoms with Crippen molar-refractivity contribution in [3.05, 3.63) is 46.4 Å². The minimum absolute atomic E-state index is 0.303. The summed E-state index contributed by atoms with van der Waals surface area (Å²) in [5.41, 5.74) is 1.62. The van der Waals surface area contributed by atoms with Gasteiger partial charge < -0.3 is 4.98 Å². The highest BCUT2D eigenvalue weighted by molar-refractivity contribution is 7.71. The molecule has 0 saturated heterocycles. The number of aromatic nitrogens is 2. The van der Waals surface area contributed by atoms with E-state index in [1.54, 1.807) is 0 Å². The van der Waals surface area contributed by atoms with Gasteiger partial charge in [-0.1, -0.05) is 19.1 Å². The molecule has 1 N–H and O–H groups in total. The first-order valence-electron chi connectivity index (χ1n) is 5.15. The van der Waals surface area contributed by atoms with E-state index in [0.717, 1.165) is 11.6 Å². The van der Waals surface area contributed by atoms with Crippen LogP contribution < -0.4 is 0 Å². The van der Waals surface area contributed by atoms with Crippen LogP contribution >= 0.6 is 12.2 Å². The molecule has 0 fully saturated rings. The van der Waals surface area contributed by atoms with E-state index < -0.39 is 11.6 Å². The first-order chi connectivity index (χ1) is 8.13. The highest BCUT2D eigenvalue weighted by Gasteiger charge is 2.11. The van der Waals surface area contributed by atoms with Crippen LogP contribution in [0.5, 0.6) is 0 Å². The van der Waals surface area contributed by atoms with Crippen molar-refractivity contribution < 1.29 is 8.78 Å². The molecule has 88 valence electrons. The van der Waals surface area contributed by atoms with Gasteiger partial charge in [-0.3, -0.25) is 0 Å². The van der Waals surface area contributed by atoms with Crippen LogP contribution in [0.2, 0.25) is 0 Å². The molecule has 0 aliphatic rings. The summed E-state index contributed by atoms with van der Waals surface area (Å²) in [6.45, 7) is 1.91. The summed E-state index contributed by atoms with van der Waals surface area (Å²) in [5.74, 6) is -1.21. The van der Waals surface area contributed by atoms with Gasteiger partial charge in [-0.25, -0.2) is 13.8 Å². The molecular weight excluding hydrogens is 242 g/mol. The number of nitrogens with one attached hydrogen (secondary N) is 1. The summed E-state index contributed by atoms with van der Waals surface area (Å²) in [5, 5.41) is 0. The van der Waals surface area contributed by atoms with E-state index in [9.17, 15) is 8.78 Å². The molecule has 2 rings (SSSR count). The number of H-pyrrole nitrogens is 1. The number of nitrogens with zero attached hydrogens (tertiary/aromatic N) is 1. The standard InChI is InChI=1S/C12H10F2N2S/c1-2-8-11(15-6-16-12(8)17)9-4-3-7(13)5-10(9)14/h3-6H,2H2,1H3,(H,15,16,17). The van der Waals surface area contributed by atoms with Crippen molar-refractivity contribution in [2.45, 2.75) is 13.3 Å². The molecule has 0 unspecified atom stereocenters. The summed E-state index contributed by atoms with van der Waals surface area (Å²) in [7, 11) is 0. The minimum atomic E-state index is -0.614. The molecule has 2 nitrogen and oxygen atoms in total. The van der Waals surface area contributed by atoms with Crippen LogP contribution in [0.3, 0.4) is 0 Å². The van der Waals surface area contributed by atoms with Crippen molar-refractivity contribution in [1.29, 1.82) is 0 Å². The topological polar surface area (TPSA) is 28.7 Å². The Kier molecular flexibility index (Phi) is 3.28. The first kappa shape index (κ1) is 11.9. The maximum Gasteiger partial charge on any atom is 0.135 e. The molecule has 1 heterocycles. The lowest BCUT2D eigenvalue weighted by Gasteiger charge is -2.08. The maximum absolute atomic E-state index is 13.7. The Morgan fingerprint density at radius 2 is 2.12 bits per heavy atom. The number of halogens is 2. The molecule has 0 amide bonds. The van der Waals surface area contributed by atoms with Gasteiger partial charge in [-0.05, 0) is 18.6 Å². The summed E-state index contributed by atoms with van der Waals surface area (Å²) >= 11 is 5.08. The number of rotatable bonds is 2. The van der Waals surface area contributed by atoms with Crippen molar-refractivity contribution in [1.82, 2.24) is 9.97 Å². The van der Waals surface area contributed by atoms with Gasteiger partial charge in [0.25, 0.3) is 0 Å². The Labute approximate surface area is 102 Å². The smallest absolute Gasteiger partial charge is 0.135 e.